The summed E-state index contributed by atoms with van der Waals surface area (Å²) >= 11 is 0. The molecule has 250 valence electrons. The van der Waals surface area contributed by atoms with Gasteiger partial charge in [-0.25, -0.2) is 9.48 Å². The number of aliphatic hydroxyl groups excluding tert-OH is 1. The molecule has 3 N–H and O–H groups in total. The fraction of sp³-hybridized carbons (Fsp3) is 0.533. The second-order valence-corrected chi connectivity index (χ2v) is 10.8. The molecule has 4 rings (SSSR count). The Balaban J connectivity index is 1.45. The van der Waals surface area contributed by atoms with E-state index in [1.54, 1.807) is 36.1 Å². The maximum atomic E-state index is 13.4. The second kappa shape index (κ2) is 16.6. The Kier molecular flexibility index (Phi) is 12.3. The lowest BCUT2D eigenvalue weighted by atomic mass is 10.1. The molecule has 16 nitrogen and oxygen atoms in total. The number of nitrogens with one attached hydrogen (secondary N) is 1. The van der Waals surface area contributed by atoms with E-state index < -0.39 is 29.9 Å². The van der Waals surface area contributed by atoms with Gasteiger partial charge in [0.05, 0.1) is 18.9 Å². The first-order valence-electron chi connectivity index (χ1n) is 15.3. The number of aliphatic carboxylic acids is 1. The molecule has 0 aliphatic carbocycles. The van der Waals surface area contributed by atoms with E-state index in [-0.39, 0.29) is 76.3 Å². The molecule has 1 atom stereocenters. The SMILES string of the molecule is CCOC(=O)N1CCN(C(=O)[C@H](CCC(=O)O)NC(=O)c2cc(OCC(=O)N3CCN(CCO)CC3)n(-c3ccccc3)n2)CC1. The number of hydrogen-bond acceptors (Lipinski definition) is 10. The van der Waals surface area contributed by atoms with E-state index in [0.29, 0.717) is 38.4 Å². The van der Waals surface area contributed by atoms with Crippen molar-refractivity contribution in [3.63, 3.8) is 0 Å². The fourth-order valence-electron chi connectivity index (χ4n) is 5.22. The number of aliphatic hydroxyl groups is 1. The topological polar surface area (TPSA) is 187 Å². The van der Waals surface area contributed by atoms with Crippen molar-refractivity contribution >= 4 is 29.8 Å². The number of carbonyl (C=O) groups excluding carboxylic acids is 4. The first-order valence-corrected chi connectivity index (χ1v) is 15.3. The number of hydrogen-bond donors (Lipinski definition) is 3. The molecule has 1 aromatic carbocycles. The van der Waals surface area contributed by atoms with Crippen LogP contribution in [0, 0.1) is 0 Å². The zero-order valence-electron chi connectivity index (χ0n) is 25.9. The zero-order chi connectivity index (χ0) is 33.1. The van der Waals surface area contributed by atoms with E-state index in [2.05, 4.69) is 15.3 Å². The van der Waals surface area contributed by atoms with E-state index >= 15 is 0 Å². The third kappa shape index (κ3) is 9.17. The molecule has 2 aromatic rings. The quantitative estimate of drug-likeness (QED) is 0.259. The molecule has 2 aliphatic rings. The third-order valence-electron chi connectivity index (χ3n) is 7.76. The van der Waals surface area contributed by atoms with Gasteiger partial charge < -0.3 is 39.7 Å². The molecule has 46 heavy (non-hydrogen) atoms. The van der Waals surface area contributed by atoms with Crippen molar-refractivity contribution in [1.29, 1.82) is 0 Å². The number of nitrogens with zero attached hydrogens (tertiary/aromatic N) is 6. The molecule has 1 aromatic heterocycles. The summed E-state index contributed by atoms with van der Waals surface area (Å²) in [6.07, 6.45) is -0.983. The van der Waals surface area contributed by atoms with Crippen molar-refractivity contribution < 1.29 is 43.7 Å². The van der Waals surface area contributed by atoms with Crippen LogP contribution in [0.2, 0.25) is 0 Å². The molecule has 0 unspecified atom stereocenters. The number of benzene rings is 1. The summed E-state index contributed by atoms with van der Waals surface area (Å²) < 4.78 is 12.3. The van der Waals surface area contributed by atoms with Crippen molar-refractivity contribution in [3.05, 3.63) is 42.1 Å². The molecule has 3 heterocycles. The van der Waals surface area contributed by atoms with Gasteiger partial charge in [-0.2, -0.15) is 5.10 Å². The lowest BCUT2D eigenvalue weighted by Gasteiger charge is -2.35. The summed E-state index contributed by atoms with van der Waals surface area (Å²) in [4.78, 5) is 69.9. The fourth-order valence-corrected chi connectivity index (χ4v) is 5.22. The Bertz CT molecular complexity index is 1350. The first kappa shape index (κ1) is 34.2. The van der Waals surface area contributed by atoms with Crippen LogP contribution < -0.4 is 10.1 Å². The summed E-state index contributed by atoms with van der Waals surface area (Å²) in [5, 5.41) is 25.5. The van der Waals surface area contributed by atoms with Gasteiger partial charge in [0.1, 0.15) is 6.04 Å². The van der Waals surface area contributed by atoms with Gasteiger partial charge in [0, 0.05) is 71.4 Å². The predicted molar refractivity (Wildman–Crippen MR) is 162 cm³/mol. The average Bonchev–Trinajstić information content (AvgIpc) is 3.50. The van der Waals surface area contributed by atoms with Crippen molar-refractivity contribution in [2.24, 2.45) is 0 Å². The van der Waals surface area contributed by atoms with E-state index in [1.807, 2.05) is 6.07 Å². The van der Waals surface area contributed by atoms with Crippen LogP contribution in [0.1, 0.15) is 30.3 Å². The number of β-amino-alcohol motifs (C(OH)–C–C–N with tert-alkyl or cyclic N) is 1. The monoisotopic (exact) mass is 643 g/mol. The summed E-state index contributed by atoms with van der Waals surface area (Å²) in [5.41, 5.74) is 0.476. The van der Waals surface area contributed by atoms with Gasteiger partial charge in [-0.1, -0.05) is 18.2 Å². The summed E-state index contributed by atoms with van der Waals surface area (Å²) in [6.45, 7) is 5.39. The minimum absolute atomic E-state index is 0.0546. The van der Waals surface area contributed by atoms with E-state index in [0.717, 1.165) is 0 Å². The zero-order valence-corrected chi connectivity index (χ0v) is 25.9. The highest BCUT2D eigenvalue weighted by Crippen LogP contribution is 2.20. The molecule has 2 aliphatic heterocycles. The second-order valence-electron chi connectivity index (χ2n) is 10.8. The van der Waals surface area contributed by atoms with E-state index in [9.17, 15) is 29.1 Å². The highest BCUT2D eigenvalue weighted by Gasteiger charge is 2.32. The minimum Gasteiger partial charge on any atom is -0.481 e. The molecular weight excluding hydrogens is 602 g/mol. The molecule has 0 saturated carbocycles. The van der Waals surface area contributed by atoms with Crippen LogP contribution in [0.25, 0.3) is 5.69 Å². The lowest BCUT2D eigenvalue weighted by Crippen LogP contribution is -2.56. The van der Waals surface area contributed by atoms with Gasteiger partial charge in [0.2, 0.25) is 11.8 Å². The molecule has 4 amide bonds. The van der Waals surface area contributed by atoms with Gasteiger partial charge in [-0.15, -0.1) is 0 Å². The Morgan fingerprint density at radius 1 is 0.935 bits per heavy atom. The number of amides is 4. The molecule has 16 heteroatoms. The summed E-state index contributed by atoms with van der Waals surface area (Å²) in [7, 11) is 0. The minimum atomic E-state index is -1.16. The smallest absolute Gasteiger partial charge is 0.409 e. The largest absolute Gasteiger partial charge is 0.481 e. The van der Waals surface area contributed by atoms with Gasteiger partial charge in [-0.05, 0) is 25.5 Å². The van der Waals surface area contributed by atoms with Gasteiger partial charge in [0.25, 0.3) is 11.8 Å². The Morgan fingerprint density at radius 3 is 2.22 bits per heavy atom. The van der Waals surface area contributed by atoms with Crippen LogP contribution in [0.3, 0.4) is 0 Å². The Labute approximate surface area is 266 Å². The van der Waals surface area contributed by atoms with Crippen molar-refractivity contribution in [2.45, 2.75) is 25.8 Å². The number of carbonyl (C=O) groups is 5. The van der Waals surface area contributed by atoms with Crippen LogP contribution in [0.4, 0.5) is 4.79 Å². The number of para-hydroxylation sites is 1. The third-order valence-corrected chi connectivity index (χ3v) is 7.76. The van der Waals surface area contributed by atoms with E-state index in [4.69, 9.17) is 14.6 Å². The van der Waals surface area contributed by atoms with Crippen molar-refractivity contribution in [1.82, 2.24) is 34.7 Å². The number of carboxylic acids is 1. The molecule has 0 bridgehead atoms. The number of aromatic nitrogens is 2. The van der Waals surface area contributed by atoms with Crippen LogP contribution in [0.15, 0.2) is 36.4 Å². The Hall–Kier alpha value is -4.70. The molecule has 0 radical (unpaired) electrons. The van der Waals surface area contributed by atoms with Crippen molar-refractivity contribution in [3.8, 4) is 11.6 Å². The molecular formula is C30H41N7O9. The standard InChI is InChI=1S/C30H41N7O9/c1-2-45-30(44)36-16-14-35(15-17-36)29(43)23(8-9-27(40)41)31-28(42)24-20-26(37(32-24)22-6-4-3-5-7-22)46-21-25(39)34-12-10-33(11-13-34)18-19-38/h3-7,20,23,38H,2,8-19,21H2,1H3,(H,31,42)(H,40,41)/t23-/m0/s1. The average molecular weight is 644 g/mol. The van der Waals surface area contributed by atoms with Gasteiger partial charge in [0.15, 0.2) is 12.3 Å². The maximum Gasteiger partial charge on any atom is 0.409 e. The number of ether oxygens (including phenoxy) is 2. The molecule has 0 spiro atoms. The summed E-state index contributed by atoms with van der Waals surface area (Å²) in [6, 6.07) is 9.07. The van der Waals surface area contributed by atoms with Crippen LogP contribution in [-0.4, -0.2) is 154 Å². The van der Waals surface area contributed by atoms with Crippen molar-refractivity contribution in [2.75, 3.05) is 78.7 Å². The highest BCUT2D eigenvalue weighted by atomic mass is 16.6. The Morgan fingerprint density at radius 2 is 1.59 bits per heavy atom. The number of rotatable bonds is 13. The van der Waals surface area contributed by atoms with E-state index in [1.165, 1.54) is 20.5 Å². The van der Waals surface area contributed by atoms with Gasteiger partial charge in [-0.3, -0.25) is 24.1 Å². The molecule has 2 saturated heterocycles. The summed E-state index contributed by atoms with van der Waals surface area (Å²) in [5.74, 6) is -2.42. The predicted octanol–water partition coefficient (Wildman–Crippen LogP) is -0.348. The highest BCUT2D eigenvalue weighted by molar-refractivity contribution is 5.96. The lowest BCUT2D eigenvalue weighted by molar-refractivity contribution is -0.138. The number of piperazine rings is 2. The van der Waals surface area contributed by atoms with Crippen LogP contribution >= 0.6 is 0 Å². The van der Waals surface area contributed by atoms with Crippen LogP contribution in [0.5, 0.6) is 5.88 Å². The number of carboxylic acid groups (broad SMARTS) is 1. The van der Waals surface area contributed by atoms with Gasteiger partial charge >= 0.3 is 12.1 Å². The maximum absolute atomic E-state index is 13.4. The van der Waals surface area contributed by atoms with Crippen LogP contribution in [-0.2, 0) is 19.1 Å². The molecule has 2 fully saturated rings. The first-order chi connectivity index (χ1) is 22.2. The normalized spacial score (nSPS) is 16.1.